The van der Waals surface area contributed by atoms with Gasteiger partial charge in [0.05, 0.1) is 6.61 Å². The normalized spacial score (nSPS) is 27.5. The Labute approximate surface area is 78.8 Å². The second kappa shape index (κ2) is 5.19. The molecule has 1 aliphatic rings. The molecule has 4 heteroatoms. The Balaban J connectivity index is 2.19. The third kappa shape index (κ3) is 3.32. The Bertz CT molecular complexity index is 173. The standard InChI is InChI=1S/C9H18N2O2/c1-13-6-5-9(12)11-8-4-2-3-7(8)10/h7-8H,2-6,10H2,1H3,(H,11,12). The van der Waals surface area contributed by atoms with Crippen molar-refractivity contribution in [1.82, 2.24) is 5.32 Å². The van der Waals surface area contributed by atoms with E-state index < -0.39 is 0 Å². The van der Waals surface area contributed by atoms with E-state index in [0.29, 0.717) is 13.0 Å². The van der Waals surface area contributed by atoms with Gasteiger partial charge in [-0.15, -0.1) is 0 Å². The first-order valence-electron chi connectivity index (χ1n) is 4.78. The van der Waals surface area contributed by atoms with Crippen molar-refractivity contribution < 1.29 is 9.53 Å². The second-order valence-electron chi connectivity index (χ2n) is 3.51. The zero-order valence-corrected chi connectivity index (χ0v) is 8.08. The largest absolute Gasteiger partial charge is 0.384 e. The third-order valence-electron chi connectivity index (χ3n) is 2.45. The molecule has 1 aliphatic carbocycles. The van der Waals surface area contributed by atoms with E-state index in [0.717, 1.165) is 19.3 Å². The van der Waals surface area contributed by atoms with Crippen molar-refractivity contribution in [2.45, 2.75) is 37.8 Å². The number of nitrogens with two attached hydrogens (primary N) is 1. The van der Waals surface area contributed by atoms with Gasteiger partial charge in [0.2, 0.25) is 5.91 Å². The highest BCUT2D eigenvalue weighted by atomic mass is 16.5. The van der Waals surface area contributed by atoms with Crippen molar-refractivity contribution in [3.63, 3.8) is 0 Å². The van der Waals surface area contributed by atoms with E-state index in [-0.39, 0.29) is 18.0 Å². The van der Waals surface area contributed by atoms with Gasteiger partial charge in [-0.1, -0.05) is 0 Å². The number of hydrogen-bond donors (Lipinski definition) is 2. The highest BCUT2D eigenvalue weighted by Gasteiger charge is 2.24. The van der Waals surface area contributed by atoms with Crippen molar-refractivity contribution in [3.8, 4) is 0 Å². The Morgan fingerprint density at radius 2 is 2.38 bits per heavy atom. The molecule has 0 radical (unpaired) electrons. The maximum atomic E-state index is 11.3. The van der Waals surface area contributed by atoms with Crippen LogP contribution in [0.1, 0.15) is 25.7 Å². The van der Waals surface area contributed by atoms with Crippen LogP contribution in [0.3, 0.4) is 0 Å². The second-order valence-corrected chi connectivity index (χ2v) is 3.51. The zero-order chi connectivity index (χ0) is 9.68. The minimum absolute atomic E-state index is 0.0456. The molecule has 0 aliphatic heterocycles. The molecule has 0 aromatic carbocycles. The smallest absolute Gasteiger partial charge is 0.222 e. The van der Waals surface area contributed by atoms with Crippen LogP contribution in [0.2, 0.25) is 0 Å². The third-order valence-corrected chi connectivity index (χ3v) is 2.45. The molecular formula is C9H18N2O2. The van der Waals surface area contributed by atoms with E-state index in [9.17, 15) is 4.79 Å². The lowest BCUT2D eigenvalue weighted by molar-refractivity contribution is -0.122. The van der Waals surface area contributed by atoms with E-state index in [4.69, 9.17) is 10.5 Å². The molecule has 2 unspecified atom stereocenters. The van der Waals surface area contributed by atoms with Gasteiger partial charge in [-0.25, -0.2) is 0 Å². The number of ether oxygens (including phenoxy) is 1. The van der Waals surface area contributed by atoms with Gasteiger partial charge in [0.15, 0.2) is 0 Å². The summed E-state index contributed by atoms with van der Waals surface area (Å²) in [5.74, 6) is 0.0456. The number of nitrogens with one attached hydrogen (secondary N) is 1. The average Bonchev–Trinajstić information content (AvgIpc) is 2.48. The molecular weight excluding hydrogens is 168 g/mol. The number of hydrogen-bond acceptors (Lipinski definition) is 3. The molecule has 1 fully saturated rings. The molecule has 1 saturated carbocycles. The summed E-state index contributed by atoms with van der Waals surface area (Å²) in [4.78, 5) is 11.3. The molecule has 2 atom stereocenters. The van der Waals surface area contributed by atoms with Crippen molar-refractivity contribution in [3.05, 3.63) is 0 Å². The first-order valence-corrected chi connectivity index (χ1v) is 4.78. The summed E-state index contributed by atoms with van der Waals surface area (Å²) >= 11 is 0. The summed E-state index contributed by atoms with van der Waals surface area (Å²) in [5, 5.41) is 2.92. The number of methoxy groups -OCH3 is 1. The van der Waals surface area contributed by atoms with Gasteiger partial charge in [0.25, 0.3) is 0 Å². The van der Waals surface area contributed by atoms with Gasteiger partial charge in [-0.2, -0.15) is 0 Å². The molecule has 0 aromatic rings. The fraction of sp³-hybridized carbons (Fsp3) is 0.889. The predicted octanol–water partition coefficient (Wildman–Crippen LogP) is 0.0189. The monoisotopic (exact) mass is 186 g/mol. The number of carbonyl (C=O) groups is 1. The fourth-order valence-corrected chi connectivity index (χ4v) is 1.64. The lowest BCUT2D eigenvalue weighted by atomic mass is 10.2. The van der Waals surface area contributed by atoms with Crippen LogP contribution in [0.5, 0.6) is 0 Å². The van der Waals surface area contributed by atoms with Crippen LogP contribution in [0.4, 0.5) is 0 Å². The highest BCUT2D eigenvalue weighted by Crippen LogP contribution is 2.16. The number of carbonyl (C=O) groups excluding carboxylic acids is 1. The lowest BCUT2D eigenvalue weighted by Crippen LogP contribution is -2.44. The maximum Gasteiger partial charge on any atom is 0.222 e. The summed E-state index contributed by atoms with van der Waals surface area (Å²) in [6.45, 7) is 0.480. The summed E-state index contributed by atoms with van der Waals surface area (Å²) in [7, 11) is 1.59. The van der Waals surface area contributed by atoms with E-state index in [1.807, 2.05) is 0 Å². The zero-order valence-electron chi connectivity index (χ0n) is 8.08. The maximum absolute atomic E-state index is 11.3. The SMILES string of the molecule is COCCC(=O)NC1CCCC1N. The van der Waals surface area contributed by atoms with E-state index >= 15 is 0 Å². The first kappa shape index (κ1) is 10.5. The molecule has 76 valence electrons. The van der Waals surface area contributed by atoms with Crippen molar-refractivity contribution >= 4 is 5.91 Å². The van der Waals surface area contributed by atoms with Crippen molar-refractivity contribution in [1.29, 1.82) is 0 Å². The number of rotatable bonds is 4. The Morgan fingerprint density at radius 1 is 1.62 bits per heavy atom. The Kier molecular flexibility index (Phi) is 4.18. The minimum atomic E-state index is 0.0456. The molecule has 13 heavy (non-hydrogen) atoms. The molecule has 1 amide bonds. The molecule has 0 spiro atoms. The minimum Gasteiger partial charge on any atom is -0.384 e. The summed E-state index contributed by atoms with van der Waals surface area (Å²) < 4.78 is 4.81. The van der Waals surface area contributed by atoms with E-state index in [1.165, 1.54) is 0 Å². The van der Waals surface area contributed by atoms with Gasteiger partial charge >= 0.3 is 0 Å². The van der Waals surface area contributed by atoms with Gasteiger partial charge in [0.1, 0.15) is 0 Å². The summed E-state index contributed by atoms with van der Waals surface area (Å²) in [6, 6.07) is 0.329. The van der Waals surface area contributed by atoms with Crippen molar-refractivity contribution in [2.75, 3.05) is 13.7 Å². The average molecular weight is 186 g/mol. The van der Waals surface area contributed by atoms with E-state index in [2.05, 4.69) is 5.32 Å². The van der Waals surface area contributed by atoms with Crippen LogP contribution in [0.15, 0.2) is 0 Å². The van der Waals surface area contributed by atoms with Crippen LogP contribution in [0, 0.1) is 0 Å². The Morgan fingerprint density at radius 3 is 2.92 bits per heavy atom. The molecule has 1 rings (SSSR count). The number of amides is 1. The van der Waals surface area contributed by atoms with Gasteiger partial charge in [0, 0.05) is 25.6 Å². The predicted molar refractivity (Wildman–Crippen MR) is 50.3 cm³/mol. The molecule has 0 aromatic heterocycles. The lowest BCUT2D eigenvalue weighted by Gasteiger charge is -2.16. The van der Waals surface area contributed by atoms with Gasteiger partial charge < -0.3 is 15.8 Å². The summed E-state index contributed by atoms with van der Waals surface area (Å²) in [5.41, 5.74) is 5.81. The molecule has 3 N–H and O–H groups in total. The van der Waals surface area contributed by atoms with Gasteiger partial charge in [-0.3, -0.25) is 4.79 Å². The van der Waals surface area contributed by atoms with Crippen LogP contribution in [-0.2, 0) is 9.53 Å². The van der Waals surface area contributed by atoms with Crippen LogP contribution >= 0.6 is 0 Å². The topological polar surface area (TPSA) is 64.3 Å². The quantitative estimate of drug-likeness (QED) is 0.650. The summed E-state index contributed by atoms with van der Waals surface area (Å²) in [6.07, 6.45) is 3.59. The van der Waals surface area contributed by atoms with Crippen molar-refractivity contribution in [2.24, 2.45) is 5.73 Å². The molecule has 0 heterocycles. The van der Waals surface area contributed by atoms with Crippen LogP contribution in [0.25, 0.3) is 0 Å². The first-order chi connectivity index (χ1) is 6.24. The Hall–Kier alpha value is -0.610. The molecule has 4 nitrogen and oxygen atoms in total. The van der Waals surface area contributed by atoms with Crippen LogP contribution in [-0.4, -0.2) is 31.7 Å². The fourth-order valence-electron chi connectivity index (χ4n) is 1.64. The van der Waals surface area contributed by atoms with E-state index in [1.54, 1.807) is 7.11 Å². The van der Waals surface area contributed by atoms with Crippen LogP contribution < -0.4 is 11.1 Å². The van der Waals surface area contributed by atoms with Gasteiger partial charge in [-0.05, 0) is 19.3 Å². The molecule has 0 saturated heterocycles. The molecule has 0 bridgehead atoms. The highest BCUT2D eigenvalue weighted by molar-refractivity contribution is 5.76.